The van der Waals surface area contributed by atoms with Gasteiger partial charge in [-0.15, -0.1) is 0 Å². The van der Waals surface area contributed by atoms with Crippen molar-refractivity contribution in [2.75, 3.05) is 0 Å². The molecule has 1 heterocycles. The number of nitrogens with zero attached hydrogens (tertiary/aromatic N) is 2. The minimum absolute atomic E-state index is 0.109. The third kappa shape index (κ3) is 3.36. The maximum absolute atomic E-state index is 13.2. The number of hydrogen-bond acceptors (Lipinski definition) is 3. The molecule has 0 amide bonds. The highest BCUT2D eigenvalue weighted by molar-refractivity contribution is 5.37. The number of benzene rings is 1. The minimum Gasteiger partial charge on any atom is -0.306 e. The van der Waals surface area contributed by atoms with Gasteiger partial charge in [0.1, 0.15) is 5.82 Å². The van der Waals surface area contributed by atoms with Gasteiger partial charge >= 0.3 is 0 Å². The van der Waals surface area contributed by atoms with E-state index in [-0.39, 0.29) is 11.9 Å². The number of halogens is 1. The molecule has 2 rings (SSSR count). The summed E-state index contributed by atoms with van der Waals surface area (Å²) in [4.78, 5) is 3.96. The van der Waals surface area contributed by atoms with Gasteiger partial charge in [-0.3, -0.25) is 4.98 Å². The molecule has 2 aromatic rings. The highest BCUT2D eigenvalue weighted by Gasteiger charge is 2.07. The van der Waals surface area contributed by atoms with Crippen LogP contribution >= 0.6 is 0 Å². The van der Waals surface area contributed by atoms with Crippen molar-refractivity contribution in [3.8, 4) is 6.07 Å². The molecule has 1 N–H and O–H groups in total. The van der Waals surface area contributed by atoms with Gasteiger partial charge in [0, 0.05) is 25.0 Å². The molecule has 0 radical (unpaired) electrons. The van der Waals surface area contributed by atoms with Crippen LogP contribution in [0.3, 0.4) is 0 Å². The molecule has 19 heavy (non-hydrogen) atoms. The van der Waals surface area contributed by atoms with Crippen molar-refractivity contribution in [1.29, 1.82) is 5.26 Å². The summed E-state index contributed by atoms with van der Waals surface area (Å²) in [5.41, 5.74) is 2.27. The van der Waals surface area contributed by atoms with Gasteiger partial charge in [0.15, 0.2) is 0 Å². The Morgan fingerprint density at radius 1 is 1.32 bits per heavy atom. The molecule has 0 unspecified atom stereocenters. The highest BCUT2D eigenvalue weighted by atomic mass is 19.1. The lowest BCUT2D eigenvalue weighted by atomic mass is 10.1. The molecule has 0 bridgehead atoms. The van der Waals surface area contributed by atoms with E-state index in [0.29, 0.717) is 17.7 Å². The molecule has 1 atom stereocenters. The van der Waals surface area contributed by atoms with Gasteiger partial charge in [0.05, 0.1) is 11.6 Å². The highest BCUT2D eigenvalue weighted by Crippen LogP contribution is 2.14. The third-order valence-corrected chi connectivity index (χ3v) is 2.99. The predicted octanol–water partition coefficient (Wildman–Crippen LogP) is 2.94. The second-order valence-electron chi connectivity index (χ2n) is 4.30. The Hall–Kier alpha value is -2.25. The van der Waals surface area contributed by atoms with Crippen molar-refractivity contribution >= 4 is 0 Å². The molecule has 4 heteroatoms. The summed E-state index contributed by atoms with van der Waals surface area (Å²) in [6.45, 7) is 2.46. The van der Waals surface area contributed by atoms with E-state index >= 15 is 0 Å². The lowest BCUT2D eigenvalue weighted by molar-refractivity contribution is 0.568. The number of rotatable bonds is 4. The molecule has 1 aromatic carbocycles. The Morgan fingerprint density at radius 2 is 2.05 bits per heavy atom. The van der Waals surface area contributed by atoms with Gasteiger partial charge in [-0.1, -0.05) is 0 Å². The van der Waals surface area contributed by atoms with Crippen LogP contribution < -0.4 is 5.32 Å². The average Bonchev–Trinajstić information content (AvgIpc) is 2.46. The van der Waals surface area contributed by atoms with Gasteiger partial charge in [-0.25, -0.2) is 4.39 Å². The second-order valence-corrected chi connectivity index (χ2v) is 4.30. The Morgan fingerprint density at radius 3 is 2.74 bits per heavy atom. The van der Waals surface area contributed by atoms with E-state index in [2.05, 4.69) is 16.4 Å². The Bertz CT molecular complexity index is 590. The minimum atomic E-state index is -0.327. The summed E-state index contributed by atoms with van der Waals surface area (Å²) in [5.74, 6) is -0.327. The van der Waals surface area contributed by atoms with Crippen LogP contribution in [0.4, 0.5) is 4.39 Å². The van der Waals surface area contributed by atoms with E-state index in [9.17, 15) is 4.39 Å². The summed E-state index contributed by atoms with van der Waals surface area (Å²) in [7, 11) is 0. The zero-order valence-corrected chi connectivity index (χ0v) is 10.6. The van der Waals surface area contributed by atoms with Gasteiger partial charge < -0.3 is 5.32 Å². The van der Waals surface area contributed by atoms with Crippen LogP contribution in [0.2, 0.25) is 0 Å². The molecule has 0 aliphatic rings. The molecular formula is C15H14FN3. The summed E-state index contributed by atoms with van der Waals surface area (Å²) in [6.07, 6.45) is 3.47. The van der Waals surface area contributed by atoms with Crippen molar-refractivity contribution < 1.29 is 4.39 Å². The number of pyridine rings is 1. The van der Waals surface area contributed by atoms with E-state index in [0.717, 1.165) is 5.56 Å². The van der Waals surface area contributed by atoms with Crippen LogP contribution in [0, 0.1) is 17.1 Å². The van der Waals surface area contributed by atoms with E-state index in [1.807, 2.05) is 19.1 Å². The zero-order chi connectivity index (χ0) is 13.7. The summed E-state index contributed by atoms with van der Waals surface area (Å²) in [5, 5.41) is 12.3. The van der Waals surface area contributed by atoms with E-state index in [1.165, 1.54) is 18.2 Å². The molecule has 0 aliphatic carbocycles. The molecule has 96 valence electrons. The first kappa shape index (κ1) is 13.2. The average molecular weight is 255 g/mol. The Labute approximate surface area is 111 Å². The Balaban J connectivity index is 2.07. The van der Waals surface area contributed by atoms with Crippen molar-refractivity contribution in [3.05, 3.63) is 65.2 Å². The maximum atomic E-state index is 13.2. The number of aromatic nitrogens is 1. The number of nitrogens with one attached hydrogen (secondary N) is 1. The number of hydrogen-bond donors (Lipinski definition) is 1. The quantitative estimate of drug-likeness (QED) is 0.913. The van der Waals surface area contributed by atoms with Gasteiger partial charge in [-0.2, -0.15) is 5.26 Å². The predicted molar refractivity (Wildman–Crippen MR) is 70.6 cm³/mol. The van der Waals surface area contributed by atoms with Crippen molar-refractivity contribution in [2.45, 2.75) is 19.5 Å². The SMILES string of the molecule is C[C@@H](NCc1cc(F)ccc1C#N)c1ccncc1. The van der Waals surface area contributed by atoms with Gasteiger partial charge in [0.25, 0.3) is 0 Å². The van der Waals surface area contributed by atoms with Crippen LogP contribution in [0.1, 0.15) is 29.7 Å². The van der Waals surface area contributed by atoms with Crippen molar-refractivity contribution in [2.24, 2.45) is 0 Å². The lowest BCUT2D eigenvalue weighted by Crippen LogP contribution is -2.18. The number of nitriles is 1. The molecule has 0 saturated heterocycles. The molecule has 0 aliphatic heterocycles. The monoisotopic (exact) mass is 255 g/mol. The van der Waals surface area contributed by atoms with Gasteiger partial charge in [-0.05, 0) is 48.4 Å². The fourth-order valence-corrected chi connectivity index (χ4v) is 1.85. The smallest absolute Gasteiger partial charge is 0.123 e. The normalized spacial score (nSPS) is 11.8. The Kier molecular flexibility index (Phi) is 4.22. The molecular weight excluding hydrogens is 241 g/mol. The third-order valence-electron chi connectivity index (χ3n) is 2.99. The molecule has 0 spiro atoms. The van der Waals surface area contributed by atoms with Crippen molar-refractivity contribution in [1.82, 2.24) is 10.3 Å². The lowest BCUT2D eigenvalue weighted by Gasteiger charge is -2.14. The van der Waals surface area contributed by atoms with Crippen LogP contribution in [0.15, 0.2) is 42.7 Å². The standard InChI is InChI=1S/C15H14FN3/c1-11(12-4-6-18-7-5-12)19-10-14-8-15(16)3-2-13(14)9-17/h2-8,11,19H,10H2,1H3/t11-/m1/s1. The van der Waals surface area contributed by atoms with Crippen LogP contribution in [0.5, 0.6) is 0 Å². The fourth-order valence-electron chi connectivity index (χ4n) is 1.85. The largest absolute Gasteiger partial charge is 0.306 e. The van der Waals surface area contributed by atoms with E-state index in [4.69, 9.17) is 5.26 Å². The summed E-state index contributed by atoms with van der Waals surface area (Å²) in [6, 6.07) is 10.2. The molecule has 0 fully saturated rings. The maximum Gasteiger partial charge on any atom is 0.123 e. The topological polar surface area (TPSA) is 48.7 Å². The van der Waals surface area contributed by atoms with E-state index < -0.39 is 0 Å². The summed E-state index contributed by atoms with van der Waals surface area (Å²) < 4.78 is 13.2. The fraction of sp³-hybridized carbons (Fsp3) is 0.200. The van der Waals surface area contributed by atoms with Crippen molar-refractivity contribution in [3.63, 3.8) is 0 Å². The molecule has 1 aromatic heterocycles. The first-order chi connectivity index (χ1) is 9.20. The van der Waals surface area contributed by atoms with Crippen LogP contribution in [0.25, 0.3) is 0 Å². The van der Waals surface area contributed by atoms with Crippen LogP contribution in [-0.4, -0.2) is 4.98 Å². The molecule has 0 saturated carbocycles. The van der Waals surface area contributed by atoms with Crippen LogP contribution in [-0.2, 0) is 6.54 Å². The molecule has 3 nitrogen and oxygen atoms in total. The zero-order valence-electron chi connectivity index (χ0n) is 10.6. The van der Waals surface area contributed by atoms with E-state index in [1.54, 1.807) is 12.4 Å². The second kappa shape index (κ2) is 6.07. The first-order valence-electron chi connectivity index (χ1n) is 6.02. The first-order valence-corrected chi connectivity index (χ1v) is 6.02. The summed E-state index contributed by atoms with van der Waals surface area (Å²) >= 11 is 0. The van der Waals surface area contributed by atoms with Gasteiger partial charge in [0.2, 0.25) is 0 Å².